The average Bonchev–Trinajstić information content (AvgIpc) is 3.12. The second kappa shape index (κ2) is 7.58. The van der Waals surface area contributed by atoms with Gasteiger partial charge in [0.2, 0.25) is 5.91 Å². The van der Waals surface area contributed by atoms with Crippen LogP contribution in [-0.4, -0.2) is 19.6 Å². The molecule has 1 saturated carbocycles. The van der Waals surface area contributed by atoms with Gasteiger partial charge in [0.05, 0.1) is 16.6 Å². The number of benzene rings is 2. The molecule has 6 heteroatoms. The van der Waals surface area contributed by atoms with Crippen LogP contribution in [0.4, 0.5) is 5.69 Å². The van der Waals surface area contributed by atoms with Gasteiger partial charge < -0.3 is 5.32 Å². The molecular formula is C19H20ClNO3S. The van der Waals surface area contributed by atoms with E-state index in [1.165, 1.54) is 6.07 Å². The Morgan fingerprint density at radius 1 is 1.08 bits per heavy atom. The van der Waals surface area contributed by atoms with Crippen LogP contribution in [0.15, 0.2) is 53.4 Å². The topological polar surface area (TPSA) is 63.2 Å². The smallest absolute Gasteiger partial charge is 0.228 e. The summed E-state index contributed by atoms with van der Waals surface area (Å²) in [5.41, 5.74) is 1.22. The minimum absolute atomic E-state index is 0.138. The fourth-order valence-corrected chi connectivity index (χ4v) is 5.26. The van der Waals surface area contributed by atoms with Gasteiger partial charge in [0, 0.05) is 10.7 Å². The quantitative estimate of drug-likeness (QED) is 0.847. The van der Waals surface area contributed by atoms with E-state index in [0.717, 1.165) is 18.4 Å². The lowest BCUT2D eigenvalue weighted by atomic mass is 10.1. The molecule has 1 fully saturated rings. The molecule has 2 aromatic carbocycles. The molecular weight excluding hydrogens is 358 g/mol. The lowest BCUT2D eigenvalue weighted by Gasteiger charge is -2.13. The van der Waals surface area contributed by atoms with Gasteiger partial charge in [-0.3, -0.25) is 4.79 Å². The second-order valence-corrected chi connectivity index (χ2v) is 8.93. The largest absolute Gasteiger partial charge is 0.326 e. The molecule has 0 unspecified atom stereocenters. The van der Waals surface area contributed by atoms with E-state index in [-0.39, 0.29) is 22.5 Å². The number of rotatable bonds is 5. The molecule has 4 nitrogen and oxygen atoms in total. The third kappa shape index (κ3) is 4.22. The first kappa shape index (κ1) is 18.0. The van der Waals surface area contributed by atoms with Crippen molar-refractivity contribution < 1.29 is 13.2 Å². The molecule has 25 heavy (non-hydrogen) atoms. The SMILES string of the molecule is O=C(Cc1ccccc1Cl)Nc1cccc(S(=O)(=O)C2CCCC2)c1. The van der Waals surface area contributed by atoms with Gasteiger partial charge in [0.15, 0.2) is 9.84 Å². The summed E-state index contributed by atoms with van der Waals surface area (Å²) in [6.07, 6.45) is 3.48. The summed E-state index contributed by atoms with van der Waals surface area (Å²) in [6, 6.07) is 13.6. The van der Waals surface area contributed by atoms with Crippen LogP contribution in [-0.2, 0) is 21.1 Å². The van der Waals surface area contributed by atoms with Gasteiger partial charge in [-0.25, -0.2) is 8.42 Å². The molecule has 0 aromatic heterocycles. The first-order chi connectivity index (χ1) is 12.0. The van der Waals surface area contributed by atoms with Crippen molar-refractivity contribution in [2.75, 3.05) is 5.32 Å². The number of amides is 1. The first-order valence-electron chi connectivity index (χ1n) is 8.34. The number of hydrogen-bond acceptors (Lipinski definition) is 3. The zero-order chi connectivity index (χ0) is 17.9. The van der Waals surface area contributed by atoms with E-state index in [1.54, 1.807) is 36.4 Å². The van der Waals surface area contributed by atoms with Gasteiger partial charge in [0.25, 0.3) is 0 Å². The molecule has 0 aliphatic heterocycles. The van der Waals surface area contributed by atoms with E-state index in [4.69, 9.17) is 11.6 Å². The van der Waals surface area contributed by atoms with Crippen molar-refractivity contribution in [3.8, 4) is 0 Å². The Morgan fingerprint density at radius 3 is 2.52 bits per heavy atom. The standard InChI is InChI=1S/C19H20ClNO3S/c20-18-11-4-1-6-14(18)12-19(22)21-15-7-5-10-17(13-15)25(23,24)16-8-2-3-9-16/h1,4-7,10-11,13,16H,2-3,8-9,12H2,(H,21,22). The van der Waals surface area contributed by atoms with Gasteiger partial charge in [-0.1, -0.05) is 48.7 Å². The van der Waals surface area contributed by atoms with Crippen LogP contribution < -0.4 is 5.32 Å². The Bertz CT molecular complexity index is 874. The summed E-state index contributed by atoms with van der Waals surface area (Å²) in [7, 11) is -3.34. The van der Waals surface area contributed by atoms with Gasteiger partial charge in [-0.2, -0.15) is 0 Å². The van der Waals surface area contributed by atoms with E-state index >= 15 is 0 Å². The van der Waals surface area contributed by atoms with Crippen LogP contribution in [0.5, 0.6) is 0 Å². The lowest BCUT2D eigenvalue weighted by Crippen LogP contribution is -2.19. The van der Waals surface area contributed by atoms with Crippen molar-refractivity contribution in [1.29, 1.82) is 0 Å². The number of carbonyl (C=O) groups excluding carboxylic acids is 1. The Kier molecular flexibility index (Phi) is 5.45. The zero-order valence-corrected chi connectivity index (χ0v) is 15.3. The molecule has 132 valence electrons. The molecule has 3 rings (SSSR count). The van der Waals surface area contributed by atoms with Crippen LogP contribution in [0.3, 0.4) is 0 Å². The number of hydrogen-bond donors (Lipinski definition) is 1. The summed E-state index contributed by atoms with van der Waals surface area (Å²) >= 11 is 6.07. The normalized spacial score (nSPS) is 15.2. The maximum absolute atomic E-state index is 12.7. The van der Waals surface area contributed by atoms with E-state index < -0.39 is 9.84 Å². The van der Waals surface area contributed by atoms with Crippen LogP contribution in [0, 0.1) is 0 Å². The zero-order valence-electron chi connectivity index (χ0n) is 13.7. The predicted molar refractivity (Wildman–Crippen MR) is 99.7 cm³/mol. The molecule has 0 heterocycles. The van der Waals surface area contributed by atoms with Crippen LogP contribution in [0.1, 0.15) is 31.2 Å². The number of anilines is 1. The first-order valence-corrected chi connectivity index (χ1v) is 10.3. The van der Waals surface area contributed by atoms with Gasteiger partial charge in [-0.15, -0.1) is 0 Å². The number of carbonyl (C=O) groups is 1. The molecule has 0 bridgehead atoms. The average molecular weight is 378 g/mol. The number of nitrogens with one attached hydrogen (secondary N) is 1. The molecule has 1 aliphatic rings. The second-order valence-electron chi connectivity index (χ2n) is 6.30. The van der Waals surface area contributed by atoms with Gasteiger partial charge >= 0.3 is 0 Å². The number of sulfone groups is 1. The maximum atomic E-state index is 12.7. The molecule has 1 amide bonds. The highest BCUT2D eigenvalue weighted by Gasteiger charge is 2.30. The minimum Gasteiger partial charge on any atom is -0.326 e. The Morgan fingerprint density at radius 2 is 1.80 bits per heavy atom. The highest BCUT2D eigenvalue weighted by molar-refractivity contribution is 7.92. The van der Waals surface area contributed by atoms with Crippen LogP contribution in [0.2, 0.25) is 5.02 Å². The van der Waals surface area contributed by atoms with Gasteiger partial charge in [0.1, 0.15) is 0 Å². The summed E-state index contributed by atoms with van der Waals surface area (Å²) in [5, 5.41) is 2.99. The van der Waals surface area contributed by atoms with Crippen molar-refractivity contribution in [2.45, 2.75) is 42.2 Å². The fraction of sp³-hybridized carbons (Fsp3) is 0.316. The van der Waals surface area contributed by atoms with Crippen molar-refractivity contribution in [3.63, 3.8) is 0 Å². The summed E-state index contributed by atoms with van der Waals surface area (Å²) < 4.78 is 25.4. The number of halogens is 1. The molecule has 1 N–H and O–H groups in total. The van der Waals surface area contributed by atoms with E-state index in [9.17, 15) is 13.2 Å². The van der Waals surface area contributed by atoms with Crippen LogP contribution in [0.25, 0.3) is 0 Å². The Labute approximate surface area is 153 Å². The van der Waals surface area contributed by atoms with Crippen LogP contribution >= 0.6 is 11.6 Å². The van der Waals surface area contributed by atoms with E-state index in [2.05, 4.69) is 5.32 Å². The van der Waals surface area contributed by atoms with Crippen molar-refractivity contribution in [3.05, 3.63) is 59.1 Å². The summed E-state index contributed by atoms with van der Waals surface area (Å²) in [6.45, 7) is 0. The van der Waals surface area contributed by atoms with Crippen molar-refractivity contribution in [2.24, 2.45) is 0 Å². The molecule has 2 aromatic rings. The maximum Gasteiger partial charge on any atom is 0.228 e. The monoisotopic (exact) mass is 377 g/mol. The van der Waals surface area contributed by atoms with Gasteiger partial charge in [-0.05, 0) is 42.7 Å². The molecule has 1 aliphatic carbocycles. The van der Waals surface area contributed by atoms with E-state index in [1.807, 2.05) is 6.07 Å². The minimum atomic E-state index is -3.34. The van der Waals surface area contributed by atoms with Crippen molar-refractivity contribution in [1.82, 2.24) is 0 Å². The highest BCUT2D eigenvalue weighted by atomic mass is 35.5. The molecule has 0 saturated heterocycles. The molecule has 0 spiro atoms. The Balaban J connectivity index is 1.73. The molecule has 0 atom stereocenters. The molecule has 0 radical (unpaired) electrons. The van der Waals surface area contributed by atoms with E-state index in [0.29, 0.717) is 23.6 Å². The fourth-order valence-electron chi connectivity index (χ4n) is 3.16. The Hall–Kier alpha value is -1.85. The van der Waals surface area contributed by atoms with Crippen molar-refractivity contribution >= 4 is 33.0 Å². The summed E-state index contributed by atoms with van der Waals surface area (Å²) in [4.78, 5) is 12.5. The highest BCUT2D eigenvalue weighted by Crippen LogP contribution is 2.30. The lowest BCUT2D eigenvalue weighted by molar-refractivity contribution is -0.115. The summed E-state index contributed by atoms with van der Waals surface area (Å²) in [5.74, 6) is -0.233. The predicted octanol–water partition coefficient (Wildman–Crippen LogP) is 4.24. The third-order valence-electron chi connectivity index (χ3n) is 4.50. The third-order valence-corrected chi connectivity index (χ3v) is 7.12.